The summed E-state index contributed by atoms with van der Waals surface area (Å²) < 4.78 is 7.25. The summed E-state index contributed by atoms with van der Waals surface area (Å²) in [5.74, 6) is 1.31. The predicted molar refractivity (Wildman–Crippen MR) is 144 cm³/mol. The van der Waals surface area contributed by atoms with Gasteiger partial charge in [-0.2, -0.15) is 19.6 Å². The Bertz CT molecular complexity index is 1230. The van der Waals surface area contributed by atoms with Crippen LogP contribution in [0.1, 0.15) is 50.7 Å². The van der Waals surface area contributed by atoms with Crippen molar-refractivity contribution in [3.63, 3.8) is 0 Å². The van der Waals surface area contributed by atoms with Crippen LogP contribution in [0, 0.1) is 0 Å². The van der Waals surface area contributed by atoms with E-state index in [2.05, 4.69) is 34.9 Å². The van der Waals surface area contributed by atoms with Gasteiger partial charge >= 0.3 is 0 Å². The molecule has 10 nitrogen and oxygen atoms in total. The number of ether oxygens (including phenoxy) is 1. The highest BCUT2D eigenvalue weighted by Gasteiger charge is 2.19. The largest absolute Gasteiger partial charge is 0.381 e. The van der Waals surface area contributed by atoms with E-state index in [0.29, 0.717) is 18.4 Å². The zero-order valence-corrected chi connectivity index (χ0v) is 21.7. The molecule has 0 atom stereocenters. The molecular weight excluding hydrogens is 456 g/mol. The van der Waals surface area contributed by atoms with Gasteiger partial charge in [-0.3, -0.25) is 4.79 Å². The summed E-state index contributed by atoms with van der Waals surface area (Å²) >= 11 is 0. The van der Waals surface area contributed by atoms with E-state index in [-0.39, 0.29) is 17.9 Å². The van der Waals surface area contributed by atoms with Gasteiger partial charge in [-0.1, -0.05) is 19.9 Å². The fourth-order valence-corrected chi connectivity index (χ4v) is 4.26. The third-order valence-corrected chi connectivity index (χ3v) is 6.16. The molecule has 3 N–H and O–H groups in total. The minimum Gasteiger partial charge on any atom is -0.381 e. The third-order valence-electron chi connectivity index (χ3n) is 6.16. The van der Waals surface area contributed by atoms with Crippen molar-refractivity contribution < 1.29 is 9.53 Å². The summed E-state index contributed by atoms with van der Waals surface area (Å²) in [4.78, 5) is 23.7. The lowest BCUT2D eigenvalue weighted by Crippen LogP contribution is -2.29. The average molecular weight is 493 g/mol. The fraction of sp³-hybridized carbons (Fsp3) is 0.462. The van der Waals surface area contributed by atoms with Crippen LogP contribution in [0.3, 0.4) is 0 Å². The predicted octanol–water partition coefficient (Wildman–Crippen LogP) is 4.03. The number of anilines is 4. The number of hydrogen-bond donors (Lipinski definition) is 3. The normalized spacial score (nSPS) is 14.5. The number of benzene rings is 1. The highest BCUT2D eigenvalue weighted by atomic mass is 16.5. The number of hydrogen-bond acceptors (Lipinski definition) is 8. The molecule has 1 fully saturated rings. The molecule has 10 heteroatoms. The van der Waals surface area contributed by atoms with Crippen LogP contribution in [-0.4, -0.2) is 58.8 Å². The van der Waals surface area contributed by atoms with Crippen LogP contribution >= 0.6 is 0 Å². The molecule has 192 valence electrons. The molecule has 3 heterocycles. The molecule has 1 aliphatic heterocycles. The highest BCUT2D eigenvalue weighted by Crippen LogP contribution is 2.26. The lowest BCUT2D eigenvalue weighted by Gasteiger charge is -2.23. The van der Waals surface area contributed by atoms with E-state index in [0.717, 1.165) is 54.2 Å². The lowest BCUT2D eigenvalue weighted by atomic mass is 10.1. The van der Waals surface area contributed by atoms with Crippen molar-refractivity contribution in [3.8, 4) is 0 Å². The summed E-state index contributed by atoms with van der Waals surface area (Å²) in [6.45, 7) is 8.05. The number of fused-ring (bicyclic) bond motifs is 1. The van der Waals surface area contributed by atoms with Crippen molar-refractivity contribution in [2.24, 2.45) is 0 Å². The van der Waals surface area contributed by atoms with E-state index >= 15 is 0 Å². The Morgan fingerprint density at radius 3 is 2.72 bits per heavy atom. The zero-order chi connectivity index (χ0) is 25.7. The van der Waals surface area contributed by atoms with Crippen molar-refractivity contribution in [1.29, 1.82) is 0 Å². The number of nitrogens with zero attached hydrogens (tertiary/aromatic N) is 5. The molecule has 3 aromatic rings. The standard InChI is InChI=1S/C26H36N8O2/c1-6-7-23(35)29-20-8-9-22(33(4)5)18(14-20)15-27-26-32-25(30-19-10-12-36-13-11-19)31-24-21(17(2)3)16-28-34(24)26/h6-9,14,16-17,19H,10-13,15H2,1-5H3,(H,29,35)(H2,27,30,31,32)/b7-6+. The first-order valence-electron chi connectivity index (χ1n) is 12.4. The average Bonchev–Trinajstić information content (AvgIpc) is 3.28. The van der Waals surface area contributed by atoms with Crippen LogP contribution < -0.4 is 20.9 Å². The maximum absolute atomic E-state index is 12.1. The van der Waals surface area contributed by atoms with Crippen molar-refractivity contribution in [2.75, 3.05) is 48.2 Å². The van der Waals surface area contributed by atoms with Gasteiger partial charge in [0.25, 0.3) is 0 Å². The van der Waals surface area contributed by atoms with Gasteiger partial charge in [-0.05, 0) is 55.5 Å². The molecule has 0 saturated carbocycles. The second-order valence-corrected chi connectivity index (χ2v) is 9.47. The van der Waals surface area contributed by atoms with Crippen molar-refractivity contribution in [1.82, 2.24) is 19.6 Å². The molecule has 0 radical (unpaired) electrons. The Labute approximate surface area is 212 Å². The van der Waals surface area contributed by atoms with Gasteiger partial charge in [0.15, 0.2) is 5.65 Å². The smallest absolute Gasteiger partial charge is 0.248 e. The van der Waals surface area contributed by atoms with Crippen LogP contribution in [0.2, 0.25) is 0 Å². The van der Waals surface area contributed by atoms with Gasteiger partial charge < -0.3 is 25.6 Å². The van der Waals surface area contributed by atoms with E-state index < -0.39 is 0 Å². The molecule has 1 saturated heterocycles. The quantitative estimate of drug-likeness (QED) is 0.384. The maximum Gasteiger partial charge on any atom is 0.248 e. The second-order valence-electron chi connectivity index (χ2n) is 9.47. The molecule has 1 aliphatic rings. The third kappa shape index (κ3) is 5.93. The molecule has 36 heavy (non-hydrogen) atoms. The van der Waals surface area contributed by atoms with Gasteiger partial charge in [-0.15, -0.1) is 0 Å². The van der Waals surface area contributed by atoms with Crippen LogP contribution in [0.15, 0.2) is 36.5 Å². The zero-order valence-electron chi connectivity index (χ0n) is 21.7. The van der Waals surface area contributed by atoms with Crippen molar-refractivity contribution in [2.45, 2.75) is 52.1 Å². The number of rotatable bonds is 9. The monoisotopic (exact) mass is 492 g/mol. The summed E-state index contributed by atoms with van der Waals surface area (Å²) in [6, 6.07) is 6.16. The SMILES string of the molecule is C/C=C/C(=O)Nc1ccc(N(C)C)c(CNc2nc(NC3CCOCC3)nc3c(C(C)C)cnn23)c1. The number of amides is 1. The first-order valence-corrected chi connectivity index (χ1v) is 12.4. The van der Waals surface area contributed by atoms with Crippen LogP contribution in [0.4, 0.5) is 23.3 Å². The fourth-order valence-electron chi connectivity index (χ4n) is 4.26. The molecule has 0 spiro atoms. The Hall–Kier alpha value is -3.66. The van der Waals surface area contributed by atoms with Crippen molar-refractivity contribution >= 4 is 34.8 Å². The minimum absolute atomic E-state index is 0.159. The highest BCUT2D eigenvalue weighted by molar-refractivity contribution is 5.99. The molecule has 1 amide bonds. The lowest BCUT2D eigenvalue weighted by molar-refractivity contribution is -0.111. The van der Waals surface area contributed by atoms with Crippen molar-refractivity contribution in [3.05, 3.63) is 47.7 Å². The minimum atomic E-state index is -0.159. The molecule has 0 bridgehead atoms. The number of aromatic nitrogens is 4. The topological polar surface area (TPSA) is 109 Å². The van der Waals surface area contributed by atoms with Crippen LogP contribution in [-0.2, 0) is 16.1 Å². The van der Waals surface area contributed by atoms with Gasteiger partial charge in [0, 0.05) is 56.8 Å². The number of carbonyl (C=O) groups excluding carboxylic acids is 1. The Kier molecular flexibility index (Phi) is 8.04. The first-order chi connectivity index (χ1) is 17.4. The molecule has 1 aromatic carbocycles. The second kappa shape index (κ2) is 11.4. The van der Waals surface area contributed by atoms with Gasteiger partial charge in [0.05, 0.1) is 6.20 Å². The Morgan fingerprint density at radius 2 is 2.03 bits per heavy atom. The number of allylic oxidation sites excluding steroid dienone is 1. The van der Waals surface area contributed by atoms with E-state index in [1.54, 1.807) is 10.6 Å². The number of nitrogens with one attached hydrogen (secondary N) is 3. The molecule has 0 unspecified atom stereocenters. The Balaban J connectivity index is 1.64. The Morgan fingerprint density at radius 1 is 1.25 bits per heavy atom. The molecule has 4 rings (SSSR count). The first kappa shape index (κ1) is 25.4. The molecular formula is C26H36N8O2. The van der Waals surface area contributed by atoms with E-state index in [9.17, 15) is 4.79 Å². The summed E-state index contributed by atoms with van der Waals surface area (Å²) in [5.41, 5.74) is 4.65. The van der Waals surface area contributed by atoms with Crippen LogP contribution in [0.5, 0.6) is 0 Å². The maximum atomic E-state index is 12.1. The van der Waals surface area contributed by atoms with E-state index in [1.807, 2.05) is 50.3 Å². The summed E-state index contributed by atoms with van der Waals surface area (Å²) in [5, 5.41) is 14.5. The summed E-state index contributed by atoms with van der Waals surface area (Å²) in [6.07, 6.45) is 6.93. The van der Waals surface area contributed by atoms with Gasteiger partial charge in [0.1, 0.15) is 0 Å². The molecule has 2 aromatic heterocycles. The van der Waals surface area contributed by atoms with Gasteiger partial charge in [-0.25, -0.2) is 0 Å². The van der Waals surface area contributed by atoms with Crippen LogP contribution in [0.25, 0.3) is 5.65 Å². The van der Waals surface area contributed by atoms with E-state index in [4.69, 9.17) is 14.7 Å². The van der Waals surface area contributed by atoms with E-state index in [1.165, 1.54) is 6.08 Å². The molecule has 0 aliphatic carbocycles. The van der Waals surface area contributed by atoms with Gasteiger partial charge in [0.2, 0.25) is 17.8 Å². The summed E-state index contributed by atoms with van der Waals surface area (Å²) in [7, 11) is 4.00. The number of carbonyl (C=O) groups is 1.